The van der Waals surface area contributed by atoms with E-state index in [2.05, 4.69) is 37.1 Å². The van der Waals surface area contributed by atoms with Crippen LogP contribution in [0.3, 0.4) is 0 Å². The third-order valence-electron chi connectivity index (χ3n) is 3.67. The summed E-state index contributed by atoms with van der Waals surface area (Å²) in [6.45, 7) is 2.12. The minimum absolute atomic E-state index is 0.695. The van der Waals surface area contributed by atoms with Crippen LogP contribution in [0.25, 0.3) is 0 Å². The zero-order valence-corrected chi connectivity index (χ0v) is 11.8. The molecule has 88 valence electrons. The highest BCUT2D eigenvalue weighted by Crippen LogP contribution is 2.41. The lowest BCUT2D eigenvalue weighted by Gasteiger charge is -2.36. The molecular weight excluding hydrogens is 286 g/mol. The van der Waals surface area contributed by atoms with E-state index in [0.717, 1.165) is 17.4 Å². The molecule has 2 saturated heterocycles. The summed E-state index contributed by atoms with van der Waals surface area (Å²) in [7, 11) is 0. The highest BCUT2D eigenvalue weighted by molar-refractivity contribution is 9.09. The van der Waals surface area contributed by atoms with Gasteiger partial charge < -0.3 is 4.90 Å². The van der Waals surface area contributed by atoms with E-state index in [1.165, 1.54) is 25.7 Å². The van der Waals surface area contributed by atoms with E-state index in [-0.39, 0.29) is 0 Å². The standard InChI is InChI=1S/C11H16BrN3S/c1-2-10-13-11(16-14-10)15-8-3-4-9(15)6-7(12)5-8/h7-9H,2-6H2,1H3. The molecule has 2 bridgehead atoms. The number of aryl methyl sites for hydroxylation is 1. The Morgan fingerprint density at radius 3 is 2.62 bits per heavy atom. The van der Waals surface area contributed by atoms with Gasteiger partial charge in [-0.05, 0) is 25.7 Å². The molecule has 2 aliphatic heterocycles. The number of halogens is 1. The third-order valence-corrected chi connectivity index (χ3v) is 5.19. The normalized spacial score (nSPS) is 33.4. The Bertz CT molecular complexity index is 367. The van der Waals surface area contributed by atoms with Gasteiger partial charge in [-0.2, -0.15) is 4.37 Å². The van der Waals surface area contributed by atoms with E-state index in [1.54, 1.807) is 11.5 Å². The zero-order valence-electron chi connectivity index (χ0n) is 9.40. The third kappa shape index (κ3) is 1.78. The van der Waals surface area contributed by atoms with Crippen molar-refractivity contribution < 1.29 is 0 Å². The first-order valence-electron chi connectivity index (χ1n) is 6.03. The molecule has 0 aromatic carbocycles. The van der Waals surface area contributed by atoms with Crippen LogP contribution in [-0.2, 0) is 6.42 Å². The summed E-state index contributed by atoms with van der Waals surface area (Å²) in [6.07, 6.45) is 6.12. The number of nitrogens with zero attached hydrogens (tertiary/aromatic N) is 3. The fraction of sp³-hybridized carbons (Fsp3) is 0.818. The Labute approximate surface area is 109 Å². The number of anilines is 1. The van der Waals surface area contributed by atoms with Gasteiger partial charge in [0.15, 0.2) is 0 Å². The summed E-state index contributed by atoms with van der Waals surface area (Å²) in [5.41, 5.74) is 0. The molecule has 1 aromatic rings. The molecule has 0 radical (unpaired) electrons. The summed E-state index contributed by atoms with van der Waals surface area (Å²) in [5, 5.41) is 1.16. The molecule has 0 amide bonds. The minimum atomic E-state index is 0.695. The lowest BCUT2D eigenvalue weighted by Crippen LogP contribution is -2.43. The second kappa shape index (κ2) is 4.26. The summed E-state index contributed by atoms with van der Waals surface area (Å²) >= 11 is 5.35. The molecule has 2 unspecified atom stereocenters. The Hall–Kier alpha value is -0.160. The van der Waals surface area contributed by atoms with Crippen molar-refractivity contribution in [3.63, 3.8) is 0 Å². The van der Waals surface area contributed by atoms with E-state index in [4.69, 9.17) is 0 Å². The van der Waals surface area contributed by atoms with Gasteiger partial charge in [-0.1, -0.05) is 22.9 Å². The van der Waals surface area contributed by atoms with E-state index >= 15 is 0 Å². The first kappa shape index (κ1) is 11.0. The largest absolute Gasteiger partial charge is 0.341 e. The molecule has 2 aliphatic rings. The maximum Gasteiger partial charge on any atom is 0.205 e. The average Bonchev–Trinajstić information content (AvgIpc) is 2.81. The van der Waals surface area contributed by atoms with Crippen molar-refractivity contribution in [2.24, 2.45) is 0 Å². The predicted molar refractivity (Wildman–Crippen MR) is 70.5 cm³/mol. The van der Waals surface area contributed by atoms with Crippen molar-refractivity contribution in [1.29, 1.82) is 0 Å². The lowest BCUT2D eigenvalue weighted by molar-refractivity contribution is 0.482. The molecule has 2 atom stereocenters. The molecule has 3 heterocycles. The van der Waals surface area contributed by atoms with Crippen molar-refractivity contribution in [2.75, 3.05) is 4.90 Å². The Morgan fingerprint density at radius 2 is 2.06 bits per heavy atom. The molecule has 16 heavy (non-hydrogen) atoms. The van der Waals surface area contributed by atoms with Gasteiger partial charge in [0.25, 0.3) is 0 Å². The van der Waals surface area contributed by atoms with Crippen molar-refractivity contribution in [1.82, 2.24) is 9.36 Å². The van der Waals surface area contributed by atoms with Gasteiger partial charge in [0, 0.05) is 34.9 Å². The van der Waals surface area contributed by atoms with E-state index in [0.29, 0.717) is 16.9 Å². The quantitative estimate of drug-likeness (QED) is 0.786. The van der Waals surface area contributed by atoms with Gasteiger partial charge in [-0.15, -0.1) is 0 Å². The highest BCUT2D eigenvalue weighted by Gasteiger charge is 2.41. The maximum atomic E-state index is 4.64. The maximum absolute atomic E-state index is 4.64. The van der Waals surface area contributed by atoms with Gasteiger partial charge >= 0.3 is 0 Å². The van der Waals surface area contributed by atoms with Gasteiger partial charge in [-0.3, -0.25) is 0 Å². The fourth-order valence-electron chi connectivity index (χ4n) is 2.92. The average molecular weight is 302 g/mol. The van der Waals surface area contributed by atoms with Crippen LogP contribution in [0.15, 0.2) is 0 Å². The molecule has 5 heteroatoms. The summed E-state index contributed by atoms with van der Waals surface area (Å²) in [6, 6.07) is 1.39. The number of fused-ring (bicyclic) bond motifs is 2. The zero-order chi connectivity index (χ0) is 11.1. The first-order valence-corrected chi connectivity index (χ1v) is 7.71. The van der Waals surface area contributed by atoms with Crippen LogP contribution in [-0.4, -0.2) is 26.3 Å². The predicted octanol–water partition coefficient (Wildman–Crippen LogP) is 3.00. The SMILES string of the molecule is CCc1nsc(N2C3CCC2CC(Br)C3)n1. The van der Waals surface area contributed by atoms with Gasteiger partial charge in [0.1, 0.15) is 5.82 Å². The second-order valence-corrected chi connectivity index (χ2v) is 6.73. The lowest BCUT2D eigenvalue weighted by atomic mass is 10.0. The summed E-state index contributed by atoms with van der Waals surface area (Å²) < 4.78 is 4.40. The Morgan fingerprint density at radius 1 is 1.38 bits per heavy atom. The van der Waals surface area contributed by atoms with E-state index in [9.17, 15) is 0 Å². The van der Waals surface area contributed by atoms with E-state index < -0.39 is 0 Å². The molecule has 0 spiro atoms. The molecular formula is C11H16BrN3S. The van der Waals surface area contributed by atoms with Crippen molar-refractivity contribution in [3.05, 3.63) is 5.82 Å². The number of piperidine rings is 1. The Balaban J connectivity index is 1.85. The number of alkyl halides is 1. The number of rotatable bonds is 2. The van der Waals surface area contributed by atoms with E-state index in [1.807, 2.05) is 0 Å². The topological polar surface area (TPSA) is 29.0 Å². The molecule has 2 fully saturated rings. The van der Waals surface area contributed by atoms with Gasteiger partial charge in [0.05, 0.1) is 0 Å². The van der Waals surface area contributed by atoms with Gasteiger partial charge in [-0.25, -0.2) is 4.98 Å². The fourth-order valence-corrected chi connectivity index (χ4v) is 4.67. The van der Waals surface area contributed by atoms with Crippen LogP contribution in [0.1, 0.15) is 38.4 Å². The van der Waals surface area contributed by atoms with Crippen LogP contribution in [0, 0.1) is 0 Å². The highest BCUT2D eigenvalue weighted by atomic mass is 79.9. The molecule has 3 rings (SSSR count). The van der Waals surface area contributed by atoms with Crippen molar-refractivity contribution >= 4 is 32.6 Å². The van der Waals surface area contributed by atoms with Crippen molar-refractivity contribution in [2.45, 2.75) is 55.9 Å². The minimum Gasteiger partial charge on any atom is -0.341 e. The first-order chi connectivity index (χ1) is 7.78. The second-order valence-electron chi connectivity index (χ2n) is 4.71. The molecule has 0 N–H and O–H groups in total. The molecule has 0 aliphatic carbocycles. The molecule has 3 nitrogen and oxygen atoms in total. The molecule has 1 aromatic heterocycles. The van der Waals surface area contributed by atoms with Crippen LogP contribution in [0.2, 0.25) is 0 Å². The van der Waals surface area contributed by atoms with Gasteiger partial charge in [0.2, 0.25) is 5.13 Å². The number of aromatic nitrogens is 2. The monoisotopic (exact) mass is 301 g/mol. The smallest absolute Gasteiger partial charge is 0.205 e. The van der Waals surface area contributed by atoms with Crippen LogP contribution < -0.4 is 4.90 Å². The summed E-state index contributed by atoms with van der Waals surface area (Å²) in [4.78, 5) is 7.88. The number of hydrogen-bond donors (Lipinski definition) is 0. The van der Waals surface area contributed by atoms with Crippen LogP contribution >= 0.6 is 27.5 Å². The number of hydrogen-bond acceptors (Lipinski definition) is 4. The Kier molecular flexibility index (Phi) is 2.92. The summed E-state index contributed by atoms with van der Waals surface area (Å²) in [5.74, 6) is 1.00. The molecule has 0 saturated carbocycles. The van der Waals surface area contributed by atoms with Crippen LogP contribution in [0.5, 0.6) is 0 Å². The van der Waals surface area contributed by atoms with Crippen molar-refractivity contribution in [3.8, 4) is 0 Å². The van der Waals surface area contributed by atoms with Crippen LogP contribution in [0.4, 0.5) is 5.13 Å².